The highest BCUT2D eigenvalue weighted by Crippen LogP contribution is 2.09. The van der Waals surface area contributed by atoms with Crippen molar-refractivity contribution in [2.45, 2.75) is 32.8 Å². The van der Waals surface area contributed by atoms with Crippen molar-refractivity contribution >= 4 is 17.7 Å². The molecule has 0 fully saturated rings. The summed E-state index contributed by atoms with van der Waals surface area (Å²) in [5.41, 5.74) is 0.609. The Morgan fingerprint density at radius 2 is 1.76 bits per heavy atom. The molecule has 21 heavy (non-hydrogen) atoms. The molecule has 0 aliphatic carbocycles. The zero-order valence-corrected chi connectivity index (χ0v) is 12.6. The van der Waals surface area contributed by atoms with E-state index in [1.54, 1.807) is 24.3 Å². The maximum atomic E-state index is 11.4. The van der Waals surface area contributed by atoms with Gasteiger partial charge in [0.2, 0.25) is 0 Å². The topological polar surface area (TPSA) is 87.7 Å². The monoisotopic (exact) mass is 294 g/mol. The van der Waals surface area contributed by atoms with Crippen LogP contribution in [0.4, 0.5) is 10.5 Å². The molecule has 3 N–H and O–H groups in total. The van der Waals surface area contributed by atoms with Crippen LogP contribution in [0.2, 0.25) is 0 Å². The van der Waals surface area contributed by atoms with Crippen molar-refractivity contribution in [1.29, 1.82) is 0 Å². The summed E-state index contributed by atoms with van der Waals surface area (Å²) in [6.45, 7) is 6.62. The molecular formula is C15H22N2O4. The normalized spacial score (nSPS) is 10.8. The van der Waals surface area contributed by atoms with Crippen LogP contribution in [0, 0.1) is 0 Å². The lowest BCUT2D eigenvalue weighted by Gasteiger charge is -2.19. The Hall–Kier alpha value is -2.24. The van der Waals surface area contributed by atoms with Gasteiger partial charge in [-0.05, 0) is 51.5 Å². The molecule has 0 heterocycles. The molecule has 0 bridgehead atoms. The smallest absolute Gasteiger partial charge is 0.407 e. The number of carboxylic acid groups (broad SMARTS) is 1. The summed E-state index contributed by atoms with van der Waals surface area (Å²) in [6, 6.07) is 6.52. The first-order valence-corrected chi connectivity index (χ1v) is 6.82. The van der Waals surface area contributed by atoms with Crippen LogP contribution in [0.3, 0.4) is 0 Å². The number of benzene rings is 1. The van der Waals surface area contributed by atoms with Crippen molar-refractivity contribution in [3.8, 4) is 0 Å². The van der Waals surface area contributed by atoms with E-state index in [0.29, 0.717) is 13.1 Å². The van der Waals surface area contributed by atoms with Crippen molar-refractivity contribution < 1.29 is 19.4 Å². The predicted molar refractivity (Wildman–Crippen MR) is 80.7 cm³/mol. The molecule has 6 nitrogen and oxygen atoms in total. The summed E-state index contributed by atoms with van der Waals surface area (Å²) in [4.78, 5) is 22.1. The molecule has 1 aromatic rings. The average molecular weight is 294 g/mol. The van der Waals surface area contributed by atoms with Crippen molar-refractivity contribution in [1.82, 2.24) is 5.32 Å². The Bertz CT molecular complexity index is 477. The SMILES string of the molecule is CC(C)(C)OC(=O)NCCCNc1ccc(C(=O)O)cc1. The Morgan fingerprint density at radius 1 is 1.14 bits per heavy atom. The van der Waals surface area contributed by atoms with Crippen LogP contribution in [0.5, 0.6) is 0 Å². The van der Waals surface area contributed by atoms with E-state index in [-0.39, 0.29) is 5.56 Å². The van der Waals surface area contributed by atoms with Gasteiger partial charge in [0, 0.05) is 18.8 Å². The number of aromatic carboxylic acids is 1. The number of ether oxygens (including phenoxy) is 1. The van der Waals surface area contributed by atoms with Gasteiger partial charge in [0.05, 0.1) is 5.56 Å². The molecule has 1 aromatic carbocycles. The van der Waals surface area contributed by atoms with Gasteiger partial charge in [-0.2, -0.15) is 0 Å². The van der Waals surface area contributed by atoms with E-state index in [0.717, 1.165) is 12.1 Å². The summed E-state index contributed by atoms with van der Waals surface area (Å²) in [6.07, 6.45) is 0.313. The fraction of sp³-hybridized carbons (Fsp3) is 0.467. The van der Waals surface area contributed by atoms with Crippen LogP contribution in [-0.4, -0.2) is 35.9 Å². The molecule has 1 amide bonds. The highest BCUT2D eigenvalue weighted by Gasteiger charge is 2.15. The number of nitrogens with one attached hydrogen (secondary N) is 2. The number of rotatable bonds is 6. The molecule has 0 aliphatic rings. The molecule has 0 unspecified atom stereocenters. The standard InChI is InChI=1S/C15H22N2O4/c1-15(2,3)21-14(20)17-10-4-9-16-12-7-5-11(6-8-12)13(18)19/h5-8,16H,4,9-10H2,1-3H3,(H,17,20)(H,18,19). The number of carbonyl (C=O) groups is 2. The van der Waals surface area contributed by atoms with Crippen LogP contribution < -0.4 is 10.6 Å². The number of hydrogen-bond acceptors (Lipinski definition) is 4. The van der Waals surface area contributed by atoms with Gasteiger partial charge in [-0.3, -0.25) is 0 Å². The Kier molecular flexibility index (Phi) is 6.02. The van der Waals surface area contributed by atoms with Gasteiger partial charge in [0.15, 0.2) is 0 Å². The average Bonchev–Trinajstić information content (AvgIpc) is 2.36. The van der Waals surface area contributed by atoms with Gasteiger partial charge in [-0.1, -0.05) is 0 Å². The van der Waals surface area contributed by atoms with Gasteiger partial charge in [0.25, 0.3) is 0 Å². The van der Waals surface area contributed by atoms with Crippen LogP contribution in [0.15, 0.2) is 24.3 Å². The number of carbonyl (C=O) groups excluding carboxylic acids is 1. The molecule has 0 aromatic heterocycles. The maximum Gasteiger partial charge on any atom is 0.407 e. The fourth-order valence-electron chi connectivity index (χ4n) is 1.56. The fourth-order valence-corrected chi connectivity index (χ4v) is 1.56. The maximum absolute atomic E-state index is 11.4. The number of hydrogen-bond donors (Lipinski definition) is 3. The van der Waals surface area contributed by atoms with E-state index in [1.165, 1.54) is 0 Å². The quantitative estimate of drug-likeness (QED) is 0.702. The minimum atomic E-state index is -0.942. The molecule has 0 spiro atoms. The van der Waals surface area contributed by atoms with Gasteiger partial charge in [-0.25, -0.2) is 9.59 Å². The van der Waals surface area contributed by atoms with Crippen molar-refractivity contribution in [3.63, 3.8) is 0 Å². The lowest BCUT2D eigenvalue weighted by molar-refractivity contribution is 0.0527. The third kappa shape index (κ3) is 7.20. The minimum Gasteiger partial charge on any atom is -0.478 e. The molecule has 1 rings (SSSR count). The van der Waals surface area contributed by atoms with E-state index >= 15 is 0 Å². The highest BCUT2D eigenvalue weighted by atomic mass is 16.6. The predicted octanol–water partition coefficient (Wildman–Crippen LogP) is 2.71. The molecule has 6 heteroatoms. The number of anilines is 1. The molecule has 0 saturated carbocycles. The van der Waals surface area contributed by atoms with Gasteiger partial charge >= 0.3 is 12.1 Å². The second-order valence-corrected chi connectivity index (χ2v) is 5.59. The lowest BCUT2D eigenvalue weighted by atomic mass is 10.2. The Labute approximate surface area is 124 Å². The first kappa shape index (κ1) is 16.8. The number of carboxylic acids is 1. The highest BCUT2D eigenvalue weighted by molar-refractivity contribution is 5.87. The second-order valence-electron chi connectivity index (χ2n) is 5.59. The second kappa shape index (κ2) is 7.52. The molecular weight excluding hydrogens is 272 g/mol. The van der Waals surface area contributed by atoms with Gasteiger partial charge in [-0.15, -0.1) is 0 Å². The van der Waals surface area contributed by atoms with Crippen molar-refractivity contribution in [3.05, 3.63) is 29.8 Å². The van der Waals surface area contributed by atoms with Crippen molar-refractivity contribution in [2.75, 3.05) is 18.4 Å². The zero-order chi connectivity index (χ0) is 15.9. The van der Waals surface area contributed by atoms with Crippen molar-refractivity contribution in [2.24, 2.45) is 0 Å². The molecule has 0 atom stereocenters. The lowest BCUT2D eigenvalue weighted by Crippen LogP contribution is -2.33. The summed E-state index contributed by atoms with van der Waals surface area (Å²) in [7, 11) is 0. The third-order valence-electron chi connectivity index (χ3n) is 2.48. The van der Waals surface area contributed by atoms with Gasteiger partial charge < -0.3 is 20.5 Å². The molecule has 0 saturated heterocycles. The third-order valence-corrected chi connectivity index (χ3v) is 2.48. The summed E-state index contributed by atoms with van der Waals surface area (Å²) < 4.78 is 5.11. The molecule has 116 valence electrons. The molecule has 0 aliphatic heterocycles. The Morgan fingerprint density at radius 3 is 2.29 bits per heavy atom. The van der Waals surface area contributed by atoms with E-state index < -0.39 is 17.7 Å². The molecule has 0 radical (unpaired) electrons. The van der Waals surface area contributed by atoms with Crippen LogP contribution >= 0.6 is 0 Å². The van der Waals surface area contributed by atoms with Crippen LogP contribution in [-0.2, 0) is 4.74 Å². The van der Waals surface area contributed by atoms with E-state index in [2.05, 4.69) is 10.6 Å². The largest absolute Gasteiger partial charge is 0.478 e. The van der Waals surface area contributed by atoms with E-state index in [1.807, 2.05) is 20.8 Å². The van der Waals surface area contributed by atoms with Gasteiger partial charge in [0.1, 0.15) is 5.60 Å². The summed E-state index contributed by atoms with van der Waals surface area (Å²) in [5.74, 6) is -0.942. The van der Waals surface area contributed by atoms with E-state index in [4.69, 9.17) is 9.84 Å². The number of amides is 1. The van der Waals surface area contributed by atoms with Crippen LogP contribution in [0.25, 0.3) is 0 Å². The summed E-state index contributed by atoms with van der Waals surface area (Å²) in [5, 5.41) is 14.6. The Balaban J connectivity index is 2.19. The summed E-state index contributed by atoms with van der Waals surface area (Å²) >= 11 is 0. The zero-order valence-electron chi connectivity index (χ0n) is 12.6. The first-order valence-electron chi connectivity index (χ1n) is 6.82. The van der Waals surface area contributed by atoms with E-state index in [9.17, 15) is 9.59 Å². The minimum absolute atomic E-state index is 0.257. The van der Waals surface area contributed by atoms with Crippen LogP contribution in [0.1, 0.15) is 37.6 Å². The first-order chi connectivity index (χ1) is 9.78. The number of alkyl carbamates (subject to hydrolysis) is 1.